The molecule has 88 valence electrons. The molecule has 1 rings (SSSR count). The molecule has 15 heavy (non-hydrogen) atoms. The van der Waals surface area contributed by atoms with Crippen LogP contribution in [0.25, 0.3) is 0 Å². The van der Waals surface area contributed by atoms with Gasteiger partial charge in [-0.05, 0) is 26.2 Å². The van der Waals surface area contributed by atoms with Gasteiger partial charge in [0.05, 0.1) is 12.9 Å². The zero-order chi connectivity index (χ0) is 11.5. The van der Waals surface area contributed by atoms with Crippen LogP contribution >= 0.6 is 0 Å². The smallest absolute Gasteiger partial charge is 0.305 e. The number of carbonyl (C=O) groups excluding carboxylic acids is 1. The lowest BCUT2D eigenvalue weighted by molar-refractivity contribution is -0.140. The summed E-state index contributed by atoms with van der Waals surface area (Å²) >= 11 is 0. The normalized spacial score (nSPS) is 18.5. The van der Waals surface area contributed by atoms with Gasteiger partial charge >= 0.3 is 5.97 Å². The third-order valence-electron chi connectivity index (χ3n) is 2.42. The molecule has 0 spiro atoms. The minimum absolute atomic E-state index is 0.0162. The van der Waals surface area contributed by atoms with Crippen LogP contribution in [-0.4, -0.2) is 32.8 Å². The summed E-state index contributed by atoms with van der Waals surface area (Å²) in [5.74, 6) is -0.389. The predicted octanol–water partition coefficient (Wildman–Crippen LogP) is 0.411. The van der Waals surface area contributed by atoms with Crippen LogP contribution in [-0.2, 0) is 19.6 Å². The summed E-state index contributed by atoms with van der Waals surface area (Å²) in [7, 11) is -1.95. The average molecular weight is 235 g/mol. The number of carbonyl (C=O) groups is 1. The highest BCUT2D eigenvalue weighted by atomic mass is 32.2. The van der Waals surface area contributed by atoms with Crippen molar-refractivity contribution in [2.24, 2.45) is 0 Å². The molecule has 1 aliphatic rings. The molecule has 0 bridgehead atoms. The van der Waals surface area contributed by atoms with Gasteiger partial charge in [-0.2, -0.15) is 0 Å². The molecule has 1 aliphatic carbocycles. The lowest BCUT2D eigenvalue weighted by Crippen LogP contribution is -2.36. The van der Waals surface area contributed by atoms with E-state index in [2.05, 4.69) is 9.46 Å². The zero-order valence-electron chi connectivity index (χ0n) is 9.08. The van der Waals surface area contributed by atoms with Crippen LogP contribution in [0.3, 0.4) is 0 Å². The lowest BCUT2D eigenvalue weighted by Gasteiger charge is -2.11. The van der Waals surface area contributed by atoms with Gasteiger partial charge in [0.25, 0.3) is 0 Å². The molecule has 1 saturated carbocycles. The standard InChI is InChI=1S/C9H17NO4S/c1-9(5-6-9)10-15(12,13)7-3-4-8(11)14-2/h10H,3-7H2,1-2H3. The zero-order valence-corrected chi connectivity index (χ0v) is 9.89. The van der Waals surface area contributed by atoms with Crippen LogP contribution in [0.1, 0.15) is 32.6 Å². The maximum atomic E-state index is 11.5. The monoisotopic (exact) mass is 235 g/mol. The van der Waals surface area contributed by atoms with Gasteiger partial charge in [-0.3, -0.25) is 4.79 Å². The Labute approximate surface area is 90.2 Å². The Balaban J connectivity index is 2.27. The van der Waals surface area contributed by atoms with E-state index in [9.17, 15) is 13.2 Å². The number of hydrogen-bond donors (Lipinski definition) is 1. The molecule has 0 aromatic carbocycles. The summed E-state index contributed by atoms with van der Waals surface area (Å²) in [4.78, 5) is 10.8. The molecule has 0 atom stereocenters. The van der Waals surface area contributed by atoms with Gasteiger partial charge in [0.15, 0.2) is 0 Å². The van der Waals surface area contributed by atoms with E-state index in [0.717, 1.165) is 12.8 Å². The third kappa shape index (κ3) is 4.61. The molecule has 0 aliphatic heterocycles. The van der Waals surface area contributed by atoms with Gasteiger partial charge in [-0.15, -0.1) is 0 Å². The number of hydrogen-bond acceptors (Lipinski definition) is 4. The topological polar surface area (TPSA) is 72.5 Å². The SMILES string of the molecule is COC(=O)CCCS(=O)(=O)NC1(C)CC1. The minimum Gasteiger partial charge on any atom is -0.469 e. The number of sulfonamides is 1. The molecule has 0 aromatic rings. The van der Waals surface area contributed by atoms with Gasteiger partial charge in [-0.25, -0.2) is 13.1 Å². The fourth-order valence-corrected chi connectivity index (χ4v) is 2.81. The van der Waals surface area contributed by atoms with Crippen LogP contribution in [0.2, 0.25) is 0 Å². The van der Waals surface area contributed by atoms with Gasteiger partial charge in [0.2, 0.25) is 10.0 Å². The molecule has 0 heterocycles. The van der Waals surface area contributed by atoms with Crippen molar-refractivity contribution in [3.63, 3.8) is 0 Å². The lowest BCUT2D eigenvalue weighted by atomic mass is 10.3. The Bertz CT molecular complexity index is 332. The molecule has 1 fully saturated rings. The van der Waals surface area contributed by atoms with Gasteiger partial charge < -0.3 is 4.74 Å². The van der Waals surface area contributed by atoms with E-state index >= 15 is 0 Å². The number of rotatable bonds is 6. The molecule has 1 N–H and O–H groups in total. The fourth-order valence-electron chi connectivity index (χ4n) is 1.22. The van der Waals surface area contributed by atoms with Gasteiger partial charge in [-0.1, -0.05) is 0 Å². The van der Waals surface area contributed by atoms with E-state index in [1.165, 1.54) is 7.11 Å². The van der Waals surface area contributed by atoms with Crippen LogP contribution in [0.15, 0.2) is 0 Å². The number of nitrogens with one attached hydrogen (secondary N) is 1. The molecule has 0 aromatic heterocycles. The quantitative estimate of drug-likeness (QED) is 0.677. The fraction of sp³-hybridized carbons (Fsp3) is 0.889. The maximum Gasteiger partial charge on any atom is 0.305 e. The van der Waals surface area contributed by atoms with E-state index in [4.69, 9.17) is 0 Å². The summed E-state index contributed by atoms with van der Waals surface area (Å²) in [6.45, 7) is 1.88. The average Bonchev–Trinajstić information content (AvgIpc) is 2.81. The van der Waals surface area contributed by atoms with E-state index in [0.29, 0.717) is 6.42 Å². The summed E-state index contributed by atoms with van der Waals surface area (Å²) in [5.41, 5.74) is -0.232. The summed E-state index contributed by atoms with van der Waals surface area (Å²) < 4.78 is 30.0. The van der Waals surface area contributed by atoms with Gasteiger partial charge in [0.1, 0.15) is 0 Å². The van der Waals surface area contributed by atoms with Crippen molar-refractivity contribution in [1.29, 1.82) is 0 Å². The molecule has 0 radical (unpaired) electrons. The Morgan fingerprint density at radius 1 is 1.47 bits per heavy atom. The van der Waals surface area contributed by atoms with Crippen molar-refractivity contribution < 1.29 is 17.9 Å². The maximum absolute atomic E-state index is 11.5. The Morgan fingerprint density at radius 2 is 2.07 bits per heavy atom. The predicted molar refractivity (Wildman–Crippen MR) is 55.8 cm³/mol. The Hall–Kier alpha value is -0.620. The Morgan fingerprint density at radius 3 is 2.53 bits per heavy atom. The Kier molecular flexibility index (Phi) is 3.72. The van der Waals surface area contributed by atoms with E-state index < -0.39 is 10.0 Å². The molecule has 0 unspecified atom stereocenters. The van der Waals surface area contributed by atoms with Crippen molar-refractivity contribution in [2.45, 2.75) is 38.1 Å². The van der Waals surface area contributed by atoms with Crippen molar-refractivity contribution in [3.8, 4) is 0 Å². The minimum atomic E-state index is -3.24. The summed E-state index contributed by atoms with van der Waals surface area (Å²) in [6, 6.07) is 0. The molecular weight excluding hydrogens is 218 g/mol. The van der Waals surface area contributed by atoms with E-state index in [1.54, 1.807) is 0 Å². The molecule has 0 amide bonds. The van der Waals surface area contributed by atoms with Crippen molar-refractivity contribution in [2.75, 3.05) is 12.9 Å². The van der Waals surface area contributed by atoms with Crippen LogP contribution < -0.4 is 4.72 Å². The molecule has 5 nitrogen and oxygen atoms in total. The highest BCUT2D eigenvalue weighted by Gasteiger charge is 2.40. The first kappa shape index (κ1) is 12.4. The summed E-state index contributed by atoms with van der Waals surface area (Å²) in [6.07, 6.45) is 2.23. The summed E-state index contributed by atoms with van der Waals surface area (Å²) in [5, 5.41) is 0. The van der Waals surface area contributed by atoms with E-state index in [1.807, 2.05) is 6.92 Å². The van der Waals surface area contributed by atoms with Crippen molar-refractivity contribution in [3.05, 3.63) is 0 Å². The second-order valence-electron chi connectivity index (χ2n) is 4.16. The molecular formula is C9H17NO4S. The highest BCUT2D eigenvalue weighted by Crippen LogP contribution is 2.35. The van der Waals surface area contributed by atoms with Crippen LogP contribution in [0, 0.1) is 0 Å². The van der Waals surface area contributed by atoms with Gasteiger partial charge in [0, 0.05) is 12.0 Å². The second-order valence-corrected chi connectivity index (χ2v) is 6.00. The first-order chi connectivity index (χ1) is 6.87. The largest absolute Gasteiger partial charge is 0.469 e. The third-order valence-corrected chi connectivity index (χ3v) is 4.05. The first-order valence-electron chi connectivity index (χ1n) is 4.95. The molecule has 6 heteroatoms. The second kappa shape index (κ2) is 4.49. The van der Waals surface area contributed by atoms with E-state index in [-0.39, 0.29) is 23.7 Å². The number of esters is 1. The first-order valence-corrected chi connectivity index (χ1v) is 6.61. The number of methoxy groups -OCH3 is 1. The molecule has 0 saturated heterocycles. The number of ether oxygens (including phenoxy) is 1. The van der Waals surface area contributed by atoms with Crippen LogP contribution in [0.4, 0.5) is 0 Å². The van der Waals surface area contributed by atoms with Crippen molar-refractivity contribution in [1.82, 2.24) is 4.72 Å². The highest BCUT2D eigenvalue weighted by molar-refractivity contribution is 7.89. The van der Waals surface area contributed by atoms with Crippen molar-refractivity contribution >= 4 is 16.0 Å². The van der Waals surface area contributed by atoms with Crippen LogP contribution in [0.5, 0.6) is 0 Å².